The Morgan fingerprint density at radius 3 is 1.95 bits per heavy atom. The summed E-state index contributed by atoms with van der Waals surface area (Å²) in [6, 6.07) is 0. The van der Waals surface area contributed by atoms with Gasteiger partial charge >= 0.3 is 5.97 Å². The lowest BCUT2D eigenvalue weighted by atomic mass is 10.2. The number of aliphatic carboxylic acids is 1. The van der Waals surface area contributed by atoms with E-state index in [1.165, 1.54) is 0 Å². The number of hydrogen-bond donors (Lipinski definition) is 1. The molecule has 1 atom stereocenters. The third-order valence-corrected chi connectivity index (χ3v) is 2.86. The third kappa shape index (κ3) is 10.1. The molecule has 0 spiro atoms. The van der Waals surface area contributed by atoms with E-state index in [4.69, 9.17) is 19.3 Å². The number of carboxylic acids is 1. The van der Waals surface area contributed by atoms with Crippen LogP contribution < -0.4 is 0 Å². The van der Waals surface area contributed by atoms with E-state index in [1.807, 2.05) is 13.8 Å². The maximum Gasteiger partial charge on any atom is 0.332 e. The molecule has 6 nitrogen and oxygen atoms in total. The molecule has 1 N–H and O–H groups in total. The molecule has 0 aliphatic carbocycles. The lowest BCUT2D eigenvalue weighted by Gasteiger charge is -2.23. The Hall–Kier alpha value is -0.690. The molecule has 6 heteroatoms. The van der Waals surface area contributed by atoms with Crippen molar-refractivity contribution in [1.82, 2.24) is 4.90 Å². The highest BCUT2D eigenvalue weighted by molar-refractivity contribution is 5.72. The van der Waals surface area contributed by atoms with Crippen molar-refractivity contribution in [3.05, 3.63) is 0 Å². The average Bonchev–Trinajstić information content (AvgIpc) is 2.42. The molecule has 0 bridgehead atoms. The van der Waals surface area contributed by atoms with Gasteiger partial charge in [-0.25, -0.2) is 4.79 Å². The summed E-state index contributed by atoms with van der Waals surface area (Å²) < 4.78 is 15.9. The molecule has 0 aliphatic heterocycles. The fourth-order valence-electron chi connectivity index (χ4n) is 1.79. The Kier molecular flexibility index (Phi) is 12.8. The van der Waals surface area contributed by atoms with Gasteiger partial charge in [0.2, 0.25) is 0 Å². The van der Waals surface area contributed by atoms with Gasteiger partial charge in [-0.2, -0.15) is 0 Å². The Bertz CT molecular complexity index is 228. The molecule has 0 aromatic carbocycles. The van der Waals surface area contributed by atoms with Crippen LogP contribution in [0.25, 0.3) is 0 Å². The standard InChI is InChI=1S/C14H29NO5/c1-4-18-11-9-15(10-12-19-5-2)8-7-13(14(16)17)20-6-3/h13H,4-12H2,1-3H3,(H,16,17). The summed E-state index contributed by atoms with van der Waals surface area (Å²) in [6.07, 6.45) is -0.261. The zero-order valence-corrected chi connectivity index (χ0v) is 13.0. The molecule has 0 amide bonds. The van der Waals surface area contributed by atoms with Crippen LogP contribution in [0.15, 0.2) is 0 Å². The van der Waals surface area contributed by atoms with Crippen LogP contribution in [0.4, 0.5) is 0 Å². The fraction of sp³-hybridized carbons (Fsp3) is 0.929. The van der Waals surface area contributed by atoms with E-state index < -0.39 is 12.1 Å². The second kappa shape index (κ2) is 13.3. The van der Waals surface area contributed by atoms with Crippen molar-refractivity contribution < 1.29 is 24.1 Å². The second-order valence-electron chi connectivity index (χ2n) is 4.31. The van der Waals surface area contributed by atoms with Crippen LogP contribution in [-0.2, 0) is 19.0 Å². The zero-order valence-electron chi connectivity index (χ0n) is 13.0. The number of hydrogen-bond acceptors (Lipinski definition) is 5. The van der Waals surface area contributed by atoms with E-state index in [1.54, 1.807) is 6.92 Å². The van der Waals surface area contributed by atoms with Crippen LogP contribution in [0.5, 0.6) is 0 Å². The Labute approximate surface area is 122 Å². The molecule has 0 fully saturated rings. The summed E-state index contributed by atoms with van der Waals surface area (Å²) in [4.78, 5) is 13.2. The highest BCUT2D eigenvalue weighted by Gasteiger charge is 2.18. The van der Waals surface area contributed by atoms with Gasteiger partial charge in [0.05, 0.1) is 13.2 Å². The highest BCUT2D eigenvalue weighted by atomic mass is 16.5. The van der Waals surface area contributed by atoms with Crippen LogP contribution in [0.1, 0.15) is 27.2 Å². The van der Waals surface area contributed by atoms with Gasteiger partial charge in [0.15, 0.2) is 6.10 Å². The predicted octanol–water partition coefficient (Wildman–Crippen LogP) is 1.24. The van der Waals surface area contributed by atoms with Crippen molar-refractivity contribution in [2.75, 3.05) is 52.7 Å². The normalized spacial score (nSPS) is 12.8. The van der Waals surface area contributed by atoms with Crippen molar-refractivity contribution in [3.8, 4) is 0 Å². The first-order valence-corrected chi connectivity index (χ1v) is 7.37. The maximum atomic E-state index is 11.0. The molecular weight excluding hydrogens is 262 g/mol. The topological polar surface area (TPSA) is 68.2 Å². The van der Waals surface area contributed by atoms with E-state index >= 15 is 0 Å². The number of ether oxygens (including phenoxy) is 3. The molecule has 20 heavy (non-hydrogen) atoms. The molecule has 0 heterocycles. The van der Waals surface area contributed by atoms with Gasteiger partial charge in [-0.3, -0.25) is 4.90 Å². The van der Waals surface area contributed by atoms with E-state index in [2.05, 4.69) is 4.90 Å². The number of rotatable bonds is 14. The van der Waals surface area contributed by atoms with Crippen molar-refractivity contribution in [2.24, 2.45) is 0 Å². The quantitative estimate of drug-likeness (QED) is 0.486. The first-order chi connectivity index (χ1) is 9.65. The van der Waals surface area contributed by atoms with Crippen LogP contribution in [0, 0.1) is 0 Å². The van der Waals surface area contributed by atoms with Crippen LogP contribution in [0.2, 0.25) is 0 Å². The van der Waals surface area contributed by atoms with E-state index in [0.717, 1.165) is 13.1 Å². The highest BCUT2D eigenvalue weighted by Crippen LogP contribution is 2.02. The van der Waals surface area contributed by atoms with Crippen molar-refractivity contribution >= 4 is 5.97 Å². The molecule has 0 aromatic heterocycles. The minimum Gasteiger partial charge on any atom is -0.479 e. The van der Waals surface area contributed by atoms with E-state index in [-0.39, 0.29) is 0 Å². The molecule has 0 radical (unpaired) electrons. The van der Waals surface area contributed by atoms with Crippen molar-refractivity contribution in [2.45, 2.75) is 33.3 Å². The molecule has 0 saturated carbocycles. The lowest BCUT2D eigenvalue weighted by Crippen LogP contribution is -2.36. The third-order valence-electron chi connectivity index (χ3n) is 2.86. The second-order valence-corrected chi connectivity index (χ2v) is 4.31. The van der Waals surface area contributed by atoms with Gasteiger partial charge in [0.25, 0.3) is 0 Å². The molecule has 0 aromatic rings. The Morgan fingerprint density at radius 1 is 1.00 bits per heavy atom. The SMILES string of the molecule is CCOCCN(CCOCC)CCC(OCC)C(=O)O. The summed E-state index contributed by atoms with van der Waals surface area (Å²) in [7, 11) is 0. The fourth-order valence-corrected chi connectivity index (χ4v) is 1.79. The molecular formula is C14H29NO5. The van der Waals surface area contributed by atoms with Crippen LogP contribution in [-0.4, -0.2) is 74.7 Å². The first-order valence-electron chi connectivity index (χ1n) is 7.37. The maximum absolute atomic E-state index is 11.0. The van der Waals surface area contributed by atoms with E-state index in [0.29, 0.717) is 46.0 Å². The minimum absolute atomic E-state index is 0.412. The first kappa shape index (κ1) is 19.3. The summed E-state index contributed by atoms with van der Waals surface area (Å²) in [5.41, 5.74) is 0. The van der Waals surface area contributed by atoms with Gasteiger partial charge in [-0.15, -0.1) is 0 Å². The Balaban J connectivity index is 4.12. The van der Waals surface area contributed by atoms with Crippen LogP contribution >= 0.6 is 0 Å². The number of carboxylic acid groups (broad SMARTS) is 1. The summed E-state index contributed by atoms with van der Waals surface area (Å²) in [6.45, 7) is 11.0. The molecule has 1 unspecified atom stereocenters. The summed E-state index contributed by atoms with van der Waals surface area (Å²) in [5.74, 6) is -0.901. The number of nitrogens with zero attached hydrogens (tertiary/aromatic N) is 1. The van der Waals surface area contributed by atoms with E-state index in [9.17, 15) is 4.79 Å². The van der Waals surface area contributed by atoms with Crippen LogP contribution in [0.3, 0.4) is 0 Å². The molecule has 0 saturated heterocycles. The van der Waals surface area contributed by atoms with Gasteiger partial charge in [-0.05, 0) is 27.2 Å². The smallest absolute Gasteiger partial charge is 0.332 e. The monoisotopic (exact) mass is 291 g/mol. The van der Waals surface area contributed by atoms with Crippen molar-refractivity contribution in [1.29, 1.82) is 0 Å². The molecule has 0 rings (SSSR count). The van der Waals surface area contributed by atoms with Gasteiger partial charge in [0, 0.05) is 39.5 Å². The number of carbonyl (C=O) groups is 1. The van der Waals surface area contributed by atoms with Gasteiger partial charge in [-0.1, -0.05) is 0 Å². The minimum atomic E-state index is -0.901. The Morgan fingerprint density at radius 2 is 1.55 bits per heavy atom. The zero-order chi connectivity index (χ0) is 15.2. The summed E-state index contributed by atoms with van der Waals surface area (Å²) in [5, 5.41) is 9.05. The van der Waals surface area contributed by atoms with Crippen molar-refractivity contribution in [3.63, 3.8) is 0 Å². The molecule has 120 valence electrons. The van der Waals surface area contributed by atoms with Gasteiger partial charge in [0.1, 0.15) is 0 Å². The lowest BCUT2D eigenvalue weighted by molar-refractivity contribution is -0.150. The molecule has 0 aliphatic rings. The van der Waals surface area contributed by atoms with Gasteiger partial charge < -0.3 is 19.3 Å². The summed E-state index contributed by atoms with van der Waals surface area (Å²) >= 11 is 0. The largest absolute Gasteiger partial charge is 0.479 e. The predicted molar refractivity (Wildman–Crippen MR) is 77.1 cm³/mol. The average molecular weight is 291 g/mol.